The molecule has 0 aliphatic carbocycles. The van der Waals surface area contributed by atoms with Crippen LogP contribution >= 0.6 is 0 Å². The molecular weight excluding hydrogens is 204 g/mol. The van der Waals surface area contributed by atoms with E-state index in [9.17, 15) is 0 Å². The summed E-state index contributed by atoms with van der Waals surface area (Å²) >= 11 is 0. The van der Waals surface area contributed by atoms with Crippen LogP contribution < -0.4 is 0 Å². The van der Waals surface area contributed by atoms with Crippen LogP contribution in [-0.2, 0) is 4.43 Å². The third-order valence-corrected chi connectivity index (χ3v) is 11.5. The molecule has 0 bridgehead atoms. The Kier molecular flexibility index (Phi) is 4.22. The lowest BCUT2D eigenvalue weighted by atomic mass is 10.2. The monoisotopic (exact) mass is 232 g/mol. The Balaban J connectivity index is 4.67. The molecule has 1 nitrogen and oxygen atoms in total. The summed E-state index contributed by atoms with van der Waals surface area (Å²) in [6.45, 7) is 20.9. The van der Waals surface area contributed by atoms with Crippen LogP contribution in [0.4, 0.5) is 0 Å². The average molecular weight is 233 g/mol. The maximum absolute atomic E-state index is 6.45. The van der Waals surface area contributed by atoms with E-state index in [1.54, 1.807) is 0 Å². The lowest BCUT2D eigenvalue weighted by Crippen LogP contribution is -2.52. The smallest absolute Gasteiger partial charge is 0.192 e. The van der Waals surface area contributed by atoms with E-state index in [2.05, 4.69) is 60.8 Å². The van der Waals surface area contributed by atoms with Gasteiger partial charge >= 0.3 is 0 Å². The topological polar surface area (TPSA) is 9.23 Å². The molecule has 0 saturated heterocycles. The summed E-state index contributed by atoms with van der Waals surface area (Å²) in [5.74, 6) is 0. The maximum atomic E-state index is 6.45. The minimum absolute atomic E-state index is 0.142. The second-order valence-corrected chi connectivity index (χ2v) is 15.0. The number of hydrogen-bond acceptors (Lipinski definition) is 1. The summed E-state index contributed by atoms with van der Waals surface area (Å²) < 4.78 is 6.45. The van der Waals surface area contributed by atoms with Crippen molar-refractivity contribution in [3.8, 4) is 0 Å². The maximum Gasteiger partial charge on any atom is 0.192 e. The van der Waals surface area contributed by atoms with Crippen molar-refractivity contribution in [2.45, 2.75) is 71.1 Å². The first-order chi connectivity index (χ1) is 5.90. The average Bonchev–Trinajstić information content (AvgIpc) is 1.80. The fourth-order valence-electron chi connectivity index (χ4n) is 0.929. The molecule has 0 aromatic rings. The van der Waals surface area contributed by atoms with E-state index < -0.39 is 17.1 Å². The summed E-state index contributed by atoms with van der Waals surface area (Å²) in [7, 11) is -2.31. The lowest BCUT2D eigenvalue weighted by molar-refractivity contribution is 0.168. The third-order valence-electron chi connectivity index (χ3n) is 3.71. The second kappa shape index (κ2) is 4.10. The normalized spacial score (nSPS) is 15.0. The van der Waals surface area contributed by atoms with Crippen LogP contribution in [0.1, 0.15) is 34.6 Å². The molecule has 3 heteroatoms. The lowest BCUT2D eigenvalue weighted by Gasteiger charge is -2.44. The molecular formula is C11H28OSi2. The molecule has 0 atom stereocenters. The van der Waals surface area contributed by atoms with Crippen LogP contribution in [0.5, 0.6) is 0 Å². The fourth-order valence-corrected chi connectivity index (χ4v) is 4.38. The fraction of sp³-hybridized carbons (Fsp3) is 1.00. The summed E-state index contributed by atoms with van der Waals surface area (Å²) in [5, 5.41) is 0.469. The first-order valence-corrected chi connectivity index (χ1v) is 11.4. The van der Waals surface area contributed by atoms with E-state index >= 15 is 0 Å². The van der Waals surface area contributed by atoms with Gasteiger partial charge in [0.1, 0.15) is 0 Å². The highest BCUT2D eigenvalue weighted by Gasteiger charge is 2.42. The van der Waals surface area contributed by atoms with Gasteiger partial charge in [0.2, 0.25) is 0 Å². The van der Waals surface area contributed by atoms with Crippen LogP contribution in [0.25, 0.3) is 0 Å². The van der Waals surface area contributed by atoms with E-state index in [4.69, 9.17) is 4.43 Å². The van der Waals surface area contributed by atoms with E-state index in [0.29, 0.717) is 5.04 Å². The quantitative estimate of drug-likeness (QED) is 0.672. The Morgan fingerprint density at radius 1 is 0.929 bits per heavy atom. The van der Waals surface area contributed by atoms with Crippen molar-refractivity contribution in [1.29, 1.82) is 0 Å². The Hall–Kier alpha value is 0.394. The van der Waals surface area contributed by atoms with Crippen molar-refractivity contribution in [3.63, 3.8) is 0 Å². The SMILES string of the molecule is C[SiH](C)C(C)(C)O[Si](C)(C)C(C)(C)C. The molecule has 14 heavy (non-hydrogen) atoms. The first kappa shape index (κ1) is 14.4. The van der Waals surface area contributed by atoms with Gasteiger partial charge in [0.25, 0.3) is 0 Å². The van der Waals surface area contributed by atoms with Crippen LogP contribution in [0.2, 0.25) is 31.2 Å². The summed E-state index contributed by atoms with van der Waals surface area (Å²) in [6.07, 6.45) is 0. The largest absolute Gasteiger partial charge is 0.415 e. The van der Waals surface area contributed by atoms with E-state index in [-0.39, 0.29) is 5.22 Å². The zero-order valence-corrected chi connectivity index (χ0v) is 13.6. The molecule has 0 radical (unpaired) electrons. The third kappa shape index (κ3) is 3.52. The Bertz CT molecular complexity index is 190. The zero-order chi connectivity index (χ0) is 11.8. The Morgan fingerprint density at radius 3 is 1.50 bits per heavy atom. The summed E-state index contributed by atoms with van der Waals surface area (Å²) in [4.78, 5) is 0. The summed E-state index contributed by atoms with van der Waals surface area (Å²) in [5.41, 5.74) is 0. The van der Waals surface area contributed by atoms with Crippen molar-refractivity contribution >= 4 is 17.1 Å². The van der Waals surface area contributed by atoms with Gasteiger partial charge in [-0.15, -0.1) is 0 Å². The summed E-state index contributed by atoms with van der Waals surface area (Å²) in [6, 6.07) is 0. The first-order valence-electron chi connectivity index (χ1n) is 5.60. The van der Waals surface area contributed by atoms with Crippen LogP contribution in [-0.4, -0.2) is 22.3 Å². The molecule has 0 N–H and O–H groups in total. The Labute approximate surface area is 93.0 Å². The van der Waals surface area contributed by atoms with Gasteiger partial charge in [0.05, 0.1) is 8.80 Å². The van der Waals surface area contributed by atoms with Gasteiger partial charge < -0.3 is 4.43 Å². The standard InChI is InChI=1S/C11H28OSi2/c1-10(2,3)14(8,9)12-11(4,5)13(6)7/h13H,1-9H3. The Morgan fingerprint density at radius 2 is 1.29 bits per heavy atom. The van der Waals surface area contributed by atoms with Crippen molar-refractivity contribution in [1.82, 2.24) is 0 Å². The molecule has 0 unspecified atom stereocenters. The highest BCUT2D eigenvalue weighted by atomic mass is 28.4. The number of hydrogen-bond donors (Lipinski definition) is 0. The van der Waals surface area contributed by atoms with Crippen LogP contribution in [0.3, 0.4) is 0 Å². The molecule has 0 rings (SSSR count). The molecule has 0 aliphatic heterocycles. The molecule has 0 spiro atoms. The van der Waals surface area contributed by atoms with E-state index in [1.807, 2.05) is 0 Å². The molecule has 0 amide bonds. The van der Waals surface area contributed by atoms with Gasteiger partial charge in [-0.05, 0) is 32.0 Å². The van der Waals surface area contributed by atoms with Crippen molar-refractivity contribution in [2.75, 3.05) is 0 Å². The number of rotatable bonds is 3. The minimum Gasteiger partial charge on any atom is -0.415 e. The van der Waals surface area contributed by atoms with Crippen molar-refractivity contribution in [3.05, 3.63) is 0 Å². The molecule has 0 saturated carbocycles. The van der Waals surface area contributed by atoms with Crippen LogP contribution in [0, 0.1) is 0 Å². The predicted octanol–water partition coefficient (Wildman–Crippen LogP) is 3.81. The molecule has 0 aromatic carbocycles. The highest BCUT2D eigenvalue weighted by molar-refractivity contribution is 6.75. The van der Waals surface area contributed by atoms with Gasteiger partial charge in [-0.1, -0.05) is 33.9 Å². The molecule has 0 aliphatic rings. The second-order valence-electron chi connectivity index (χ2n) is 6.62. The molecule has 86 valence electrons. The van der Waals surface area contributed by atoms with Gasteiger partial charge in [0, 0.05) is 5.22 Å². The molecule has 0 fully saturated rings. The minimum atomic E-state index is -1.57. The zero-order valence-electron chi connectivity index (χ0n) is 11.5. The van der Waals surface area contributed by atoms with Crippen molar-refractivity contribution < 1.29 is 4.43 Å². The van der Waals surface area contributed by atoms with E-state index in [0.717, 1.165) is 0 Å². The van der Waals surface area contributed by atoms with Crippen LogP contribution in [0.15, 0.2) is 0 Å². The van der Waals surface area contributed by atoms with Crippen molar-refractivity contribution in [2.24, 2.45) is 0 Å². The molecule has 0 aromatic heterocycles. The van der Waals surface area contributed by atoms with Gasteiger partial charge in [-0.3, -0.25) is 0 Å². The highest BCUT2D eigenvalue weighted by Crippen LogP contribution is 2.39. The molecule has 0 heterocycles. The van der Waals surface area contributed by atoms with Gasteiger partial charge in [-0.2, -0.15) is 0 Å². The predicted molar refractivity (Wildman–Crippen MR) is 71.2 cm³/mol. The van der Waals surface area contributed by atoms with E-state index in [1.165, 1.54) is 0 Å². The van der Waals surface area contributed by atoms with Gasteiger partial charge in [-0.25, -0.2) is 0 Å². The van der Waals surface area contributed by atoms with Gasteiger partial charge in [0.15, 0.2) is 8.32 Å².